The highest BCUT2D eigenvalue weighted by Gasteiger charge is 2.39. The van der Waals surface area contributed by atoms with Crippen molar-refractivity contribution in [3.05, 3.63) is 0 Å². The van der Waals surface area contributed by atoms with Gasteiger partial charge in [-0.3, -0.25) is 9.59 Å². The SMILES string of the molecule is CCC(C)(C)NC(=O)C1CC(=O)N(C2CCCCC2)C1. The van der Waals surface area contributed by atoms with Crippen LogP contribution in [0.1, 0.15) is 65.7 Å². The quantitative estimate of drug-likeness (QED) is 0.860. The predicted octanol–water partition coefficient (Wildman–Crippen LogP) is 2.47. The first-order chi connectivity index (χ1) is 9.43. The van der Waals surface area contributed by atoms with E-state index in [0.717, 1.165) is 19.3 Å². The highest BCUT2D eigenvalue weighted by molar-refractivity contribution is 5.89. The molecule has 2 rings (SSSR count). The van der Waals surface area contributed by atoms with Crippen molar-refractivity contribution in [3.8, 4) is 0 Å². The molecule has 20 heavy (non-hydrogen) atoms. The van der Waals surface area contributed by atoms with Gasteiger partial charge < -0.3 is 10.2 Å². The Balaban J connectivity index is 1.92. The molecule has 2 aliphatic rings. The molecule has 0 spiro atoms. The molecule has 4 nitrogen and oxygen atoms in total. The Morgan fingerprint density at radius 3 is 2.55 bits per heavy atom. The lowest BCUT2D eigenvalue weighted by Crippen LogP contribution is -2.46. The fourth-order valence-electron chi connectivity index (χ4n) is 3.18. The number of hydrogen-bond donors (Lipinski definition) is 1. The molecule has 0 aromatic carbocycles. The Bertz CT molecular complexity index is 373. The van der Waals surface area contributed by atoms with Gasteiger partial charge in [0, 0.05) is 24.5 Å². The van der Waals surface area contributed by atoms with Crippen molar-refractivity contribution in [2.24, 2.45) is 5.92 Å². The van der Waals surface area contributed by atoms with Crippen LogP contribution in [0.15, 0.2) is 0 Å². The van der Waals surface area contributed by atoms with Gasteiger partial charge in [0.1, 0.15) is 0 Å². The highest BCUT2D eigenvalue weighted by Crippen LogP contribution is 2.29. The molecule has 1 heterocycles. The summed E-state index contributed by atoms with van der Waals surface area (Å²) in [4.78, 5) is 26.4. The summed E-state index contributed by atoms with van der Waals surface area (Å²) >= 11 is 0. The first kappa shape index (κ1) is 15.3. The molecule has 1 N–H and O–H groups in total. The minimum atomic E-state index is -0.182. The van der Waals surface area contributed by atoms with E-state index in [1.165, 1.54) is 19.3 Å². The molecule has 1 aliphatic carbocycles. The van der Waals surface area contributed by atoms with Crippen LogP contribution in [-0.4, -0.2) is 34.8 Å². The number of nitrogens with one attached hydrogen (secondary N) is 1. The third-order valence-corrected chi connectivity index (χ3v) is 4.89. The van der Waals surface area contributed by atoms with Crippen LogP contribution in [0, 0.1) is 5.92 Å². The average Bonchev–Trinajstić information content (AvgIpc) is 2.81. The van der Waals surface area contributed by atoms with Crippen LogP contribution in [0.4, 0.5) is 0 Å². The van der Waals surface area contributed by atoms with Crippen LogP contribution < -0.4 is 5.32 Å². The van der Waals surface area contributed by atoms with Gasteiger partial charge in [-0.1, -0.05) is 26.2 Å². The van der Waals surface area contributed by atoms with Crippen molar-refractivity contribution in [1.29, 1.82) is 0 Å². The zero-order chi connectivity index (χ0) is 14.8. The zero-order valence-electron chi connectivity index (χ0n) is 13.1. The summed E-state index contributed by atoms with van der Waals surface area (Å²) in [6.07, 6.45) is 7.23. The lowest BCUT2D eigenvalue weighted by atomic mass is 9.94. The summed E-state index contributed by atoms with van der Waals surface area (Å²) in [6, 6.07) is 0.383. The summed E-state index contributed by atoms with van der Waals surface area (Å²) in [6.45, 7) is 6.74. The largest absolute Gasteiger partial charge is 0.351 e. The lowest BCUT2D eigenvalue weighted by Gasteiger charge is -2.31. The van der Waals surface area contributed by atoms with Gasteiger partial charge in [-0.15, -0.1) is 0 Å². The maximum atomic E-state index is 12.3. The van der Waals surface area contributed by atoms with Gasteiger partial charge in [-0.2, -0.15) is 0 Å². The van der Waals surface area contributed by atoms with Crippen molar-refractivity contribution < 1.29 is 9.59 Å². The van der Waals surface area contributed by atoms with Gasteiger partial charge >= 0.3 is 0 Å². The second kappa shape index (κ2) is 6.15. The normalized spacial score (nSPS) is 25.1. The standard InChI is InChI=1S/C16H28N2O2/c1-4-16(2,3)17-15(20)12-10-14(19)18(11-12)13-8-6-5-7-9-13/h12-13H,4-11H2,1-3H3,(H,17,20). The Morgan fingerprint density at radius 1 is 1.30 bits per heavy atom. The van der Waals surface area contributed by atoms with E-state index in [1.54, 1.807) is 0 Å². The van der Waals surface area contributed by atoms with Gasteiger partial charge in [-0.25, -0.2) is 0 Å². The van der Waals surface area contributed by atoms with Crippen molar-refractivity contribution >= 4 is 11.8 Å². The number of carbonyl (C=O) groups is 2. The maximum Gasteiger partial charge on any atom is 0.225 e. The molecular formula is C16H28N2O2. The highest BCUT2D eigenvalue weighted by atomic mass is 16.2. The van der Waals surface area contributed by atoms with E-state index < -0.39 is 0 Å². The molecule has 0 aromatic rings. The van der Waals surface area contributed by atoms with E-state index in [2.05, 4.69) is 12.2 Å². The van der Waals surface area contributed by atoms with Crippen LogP contribution in [0.2, 0.25) is 0 Å². The molecule has 1 unspecified atom stereocenters. The molecule has 114 valence electrons. The Hall–Kier alpha value is -1.06. The molecule has 1 atom stereocenters. The van der Waals surface area contributed by atoms with Crippen LogP contribution in [-0.2, 0) is 9.59 Å². The molecule has 0 bridgehead atoms. The maximum absolute atomic E-state index is 12.3. The third kappa shape index (κ3) is 3.53. The van der Waals surface area contributed by atoms with E-state index in [4.69, 9.17) is 0 Å². The van der Waals surface area contributed by atoms with Gasteiger partial charge in [0.05, 0.1) is 5.92 Å². The van der Waals surface area contributed by atoms with Crippen LogP contribution in [0.25, 0.3) is 0 Å². The Labute approximate surface area is 122 Å². The second-order valence-electron chi connectivity index (χ2n) is 6.97. The van der Waals surface area contributed by atoms with Gasteiger partial charge in [0.2, 0.25) is 11.8 Å². The summed E-state index contributed by atoms with van der Waals surface area (Å²) in [7, 11) is 0. The first-order valence-electron chi connectivity index (χ1n) is 8.04. The first-order valence-corrected chi connectivity index (χ1v) is 8.04. The molecule has 1 saturated heterocycles. The van der Waals surface area contributed by atoms with Crippen LogP contribution >= 0.6 is 0 Å². The number of amides is 2. The minimum Gasteiger partial charge on any atom is -0.351 e. The molecule has 2 fully saturated rings. The number of rotatable bonds is 4. The Kier molecular flexibility index (Phi) is 4.71. The summed E-state index contributed by atoms with van der Waals surface area (Å²) in [5.41, 5.74) is -0.182. The van der Waals surface area contributed by atoms with E-state index in [1.807, 2.05) is 18.7 Å². The lowest BCUT2D eigenvalue weighted by molar-refractivity contribution is -0.131. The summed E-state index contributed by atoms with van der Waals surface area (Å²) < 4.78 is 0. The van der Waals surface area contributed by atoms with Crippen molar-refractivity contribution in [2.45, 2.75) is 77.3 Å². The van der Waals surface area contributed by atoms with E-state index in [0.29, 0.717) is 19.0 Å². The summed E-state index contributed by atoms with van der Waals surface area (Å²) in [5, 5.41) is 3.07. The fraction of sp³-hybridized carbons (Fsp3) is 0.875. The third-order valence-electron chi connectivity index (χ3n) is 4.89. The zero-order valence-corrected chi connectivity index (χ0v) is 13.1. The van der Waals surface area contributed by atoms with E-state index in [9.17, 15) is 9.59 Å². The minimum absolute atomic E-state index is 0.0449. The number of nitrogens with zero attached hydrogens (tertiary/aromatic N) is 1. The number of hydrogen-bond acceptors (Lipinski definition) is 2. The molecule has 1 saturated carbocycles. The molecule has 0 aromatic heterocycles. The summed E-state index contributed by atoms with van der Waals surface area (Å²) in [5.74, 6) is 0.0603. The topological polar surface area (TPSA) is 49.4 Å². The molecule has 4 heteroatoms. The molecule has 1 aliphatic heterocycles. The van der Waals surface area contributed by atoms with Gasteiger partial charge in [0.25, 0.3) is 0 Å². The van der Waals surface area contributed by atoms with Crippen LogP contribution in [0.5, 0.6) is 0 Å². The number of carbonyl (C=O) groups excluding carboxylic acids is 2. The Morgan fingerprint density at radius 2 is 1.95 bits per heavy atom. The average molecular weight is 280 g/mol. The number of likely N-dealkylation sites (tertiary alicyclic amines) is 1. The monoisotopic (exact) mass is 280 g/mol. The molecule has 2 amide bonds. The van der Waals surface area contributed by atoms with Crippen LogP contribution in [0.3, 0.4) is 0 Å². The van der Waals surface area contributed by atoms with Gasteiger partial charge in [-0.05, 0) is 33.1 Å². The smallest absolute Gasteiger partial charge is 0.225 e. The fourth-order valence-corrected chi connectivity index (χ4v) is 3.18. The van der Waals surface area contributed by atoms with E-state index >= 15 is 0 Å². The van der Waals surface area contributed by atoms with Crippen molar-refractivity contribution in [1.82, 2.24) is 10.2 Å². The molecular weight excluding hydrogens is 252 g/mol. The van der Waals surface area contributed by atoms with Crippen molar-refractivity contribution in [3.63, 3.8) is 0 Å². The van der Waals surface area contributed by atoms with E-state index in [-0.39, 0.29) is 23.3 Å². The second-order valence-corrected chi connectivity index (χ2v) is 6.97. The van der Waals surface area contributed by atoms with Crippen molar-refractivity contribution in [2.75, 3.05) is 6.54 Å². The molecule has 0 radical (unpaired) electrons. The van der Waals surface area contributed by atoms with Gasteiger partial charge in [0.15, 0.2) is 0 Å². The predicted molar refractivity (Wildman–Crippen MR) is 79.2 cm³/mol.